The Morgan fingerprint density at radius 2 is 1.40 bits per heavy atom. The molecule has 0 aromatic heterocycles. The molecule has 0 saturated heterocycles. The summed E-state index contributed by atoms with van der Waals surface area (Å²) in [5.74, 6) is -4.35. The number of alkyl halides is 1. The molecule has 0 fully saturated rings. The maximum Gasteiger partial charge on any atom is 0.167 e. The molecule has 156 valence electrons. The Kier molecular flexibility index (Phi) is 5.63. The van der Waals surface area contributed by atoms with Gasteiger partial charge >= 0.3 is 0 Å². The van der Waals surface area contributed by atoms with Crippen molar-refractivity contribution >= 4 is 0 Å². The summed E-state index contributed by atoms with van der Waals surface area (Å²) in [5.41, 5.74) is 2.27. The van der Waals surface area contributed by atoms with Gasteiger partial charge in [-0.05, 0) is 59.6 Å². The maximum atomic E-state index is 15.0. The highest BCUT2D eigenvalue weighted by atomic mass is 19.2. The molecule has 0 radical (unpaired) electrons. The minimum atomic E-state index is -1.16. The van der Waals surface area contributed by atoms with Crippen LogP contribution in [0.25, 0.3) is 22.3 Å². The van der Waals surface area contributed by atoms with Crippen molar-refractivity contribution in [1.29, 1.82) is 0 Å². The highest BCUT2D eigenvalue weighted by molar-refractivity contribution is 5.82. The van der Waals surface area contributed by atoms with E-state index in [1.165, 1.54) is 6.07 Å². The SMILES string of the molecule is CCCc1cc2c(c(F)c1F)-c1c(cc(-c3ccc(CCCF)cc3)c(F)c1F)C2. The summed E-state index contributed by atoms with van der Waals surface area (Å²) in [7, 11) is 0. The summed E-state index contributed by atoms with van der Waals surface area (Å²) >= 11 is 0. The van der Waals surface area contributed by atoms with Crippen LogP contribution >= 0.6 is 0 Å². The maximum absolute atomic E-state index is 15.0. The van der Waals surface area contributed by atoms with Gasteiger partial charge in [0.25, 0.3) is 0 Å². The van der Waals surface area contributed by atoms with E-state index in [2.05, 4.69) is 0 Å². The van der Waals surface area contributed by atoms with E-state index in [-0.39, 0.29) is 28.7 Å². The van der Waals surface area contributed by atoms with E-state index < -0.39 is 29.9 Å². The van der Waals surface area contributed by atoms with Crippen molar-refractivity contribution in [2.75, 3.05) is 6.67 Å². The van der Waals surface area contributed by atoms with Crippen molar-refractivity contribution in [3.05, 3.63) is 81.9 Å². The molecule has 0 nitrogen and oxygen atoms in total. The fraction of sp³-hybridized carbons (Fsp3) is 0.280. The van der Waals surface area contributed by atoms with E-state index in [4.69, 9.17) is 0 Å². The molecule has 4 rings (SSSR count). The molecule has 0 heterocycles. The van der Waals surface area contributed by atoms with Gasteiger partial charge in [-0.15, -0.1) is 0 Å². The van der Waals surface area contributed by atoms with Crippen LogP contribution in [-0.4, -0.2) is 6.67 Å². The van der Waals surface area contributed by atoms with E-state index in [0.717, 1.165) is 5.56 Å². The van der Waals surface area contributed by atoms with E-state index >= 15 is 4.39 Å². The van der Waals surface area contributed by atoms with E-state index in [1.807, 2.05) is 6.92 Å². The molecule has 0 spiro atoms. The number of hydrogen-bond donors (Lipinski definition) is 0. The zero-order valence-corrected chi connectivity index (χ0v) is 16.6. The molecule has 3 aromatic carbocycles. The summed E-state index contributed by atoms with van der Waals surface area (Å²) in [5, 5.41) is 0. The summed E-state index contributed by atoms with van der Waals surface area (Å²) < 4.78 is 71.5. The Balaban J connectivity index is 1.78. The first kappa shape index (κ1) is 20.6. The van der Waals surface area contributed by atoms with Crippen molar-refractivity contribution in [3.63, 3.8) is 0 Å². The highest BCUT2D eigenvalue weighted by Crippen LogP contribution is 2.44. The van der Waals surface area contributed by atoms with Gasteiger partial charge in [-0.1, -0.05) is 43.7 Å². The van der Waals surface area contributed by atoms with Crippen molar-refractivity contribution in [2.45, 2.75) is 39.0 Å². The zero-order valence-electron chi connectivity index (χ0n) is 16.6. The van der Waals surface area contributed by atoms with Crippen LogP contribution < -0.4 is 0 Å². The van der Waals surface area contributed by atoms with Gasteiger partial charge in [0.15, 0.2) is 23.3 Å². The van der Waals surface area contributed by atoms with Crippen molar-refractivity contribution < 1.29 is 22.0 Å². The Labute approximate surface area is 172 Å². The van der Waals surface area contributed by atoms with Gasteiger partial charge < -0.3 is 0 Å². The number of rotatable bonds is 6. The number of aryl methyl sites for hydroxylation is 2. The lowest BCUT2D eigenvalue weighted by atomic mass is 9.96. The molecule has 30 heavy (non-hydrogen) atoms. The molecular weight excluding hydrogens is 395 g/mol. The smallest absolute Gasteiger partial charge is 0.167 e. The topological polar surface area (TPSA) is 0 Å². The molecule has 0 atom stereocenters. The average molecular weight is 416 g/mol. The van der Waals surface area contributed by atoms with Gasteiger partial charge in [0, 0.05) is 16.7 Å². The number of halogens is 5. The minimum absolute atomic E-state index is 0.0748. The van der Waals surface area contributed by atoms with Crippen LogP contribution in [0.5, 0.6) is 0 Å². The van der Waals surface area contributed by atoms with Crippen molar-refractivity contribution in [1.82, 2.24) is 0 Å². The van der Waals surface area contributed by atoms with E-state index in [0.29, 0.717) is 42.4 Å². The van der Waals surface area contributed by atoms with Crippen LogP contribution in [0.3, 0.4) is 0 Å². The molecule has 3 aromatic rings. The van der Waals surface area contributed by atoms with Crippen LogP contribution in [0.2, 0.25) is 0 Å². The summed E-state index contributed by atoms with van der Waals surface area (Å²) in [6.45, 7) is 1.45. The van der Waals surface area contributed by atoms with Crippen LogP contribution in [0, 0.1) is 23.3 Å². The zero-order chi connectivity index (χ0) is 21.4. The van der Waals surface area contributed by atoms with Gasteiger partial charge in [0.2, 0.25) is 0 Å². The Bertz CT molecular complexity index is 1100. The largest absolute Gasteiger partial charge is 0.251 e. The first-order valence-corrected chi connectivity index (χ1v) is 10.1. The third kappa shape index (κ3) is 3.40. The average Bonchev–Trinajstić information content (AvgIpc) is 3.12. The number of benzene rings is 3. The molecule has 0 amide bonds. The lowest BCUT2D eigenvalue weighted by Crippen LogP contribution is -2.00. The quantitative estimate of drug-likeness (QED) is 0.289. The lowest BCUT2D eigenvalue weighted by Gasteiger charge is -2.12. The third-order valence-electron chi connectivity index (χ3n) is 5.67. The van der Waals surface area contributed by atoms with Crippen LogP contribution in [-0.2, 0) is 19.3 Å². The standard InChI is InChI=1S/C25H21F5/c1-2-4-16-11-17-12-18-13-19(15-8-6-14(7-9-15)5-3-10-26)23(28)25(30)21(18)20(17)24(29)22(16)27/h6-9,11,13H,2-5,10,12H2,1H3. The number of hydrogen-bond acceptors (Lipinski definition) is 0. The second-order valence-electron chi connectivity index (χ2n) is 7.70. The minimum Gasteiger partial charge on any atom is -0.251 e. The second-order valence-corrected chi connectivity index (χ2v) is 7.70. The lowest BCUT2D eigenvalue weighted by molar-refractivity contribution is 0.473. The van der Waals surface area contributed by atoms with Crippen molar-refractivity contribution in [3.8, 4) is 22.3 Å². The van der Waals surface area contributed by atoms with Crippen LogP contribution in [0.15, 0.2) is 36.4 Å². The summed E-state index contributed by atoms with van der Waals surface area (Å²) in [6.07, 6.45) is 2.22. The van der Waals surface area contributed by atoms with Crippen LogP contribution in [0.1, 0.15) is 42.0 Å². The molecule has 0 bridgehead atoms. The monoisotopic (exact) mass is 416 g/mol. The summed E-state index contributed by atoms with van der Waals surface area (Å²) in [6, 6.07) is 9.93. The molecule has 1 aliphatic rings. The van der Waals surface area contributed by atoms with Crippen LogP contribution in [0.4, 0.5) is 22.0 Å². The van der Waals surface area contributed by atoms with Crippen molar-refractivity contribution in [2.24, 2.45) is 0 Å². The molecule has 0 N–H and O–H groups in total. The first-order valence-electron chi connectivity index (χ1n) is 10.1. The normalized spacial score (nSPS) is 12.2. The Morgan fingerprint density at radius 1 is 0.767 bits per heavy atom. The first-order chi connectivity index (χ1) is 14.5. The van der Waals surface area contributed by atoms with Gasteiger partial charge in [0.1, 0.15) is 0 Å². The van der Waals surface area contributed by atoms with Gasteiger partial charge in [0.05, 0.1) is 6.67 Å². The predicted octanol–water partition coefficient (Wildman–Crippen LogP) is 7.34. The number of fused-ring (bicyclic) bond motifs is 3. The molecule has 0 unspecified atom stereocenters. The van der Waals surface area contributed by atoms with E-state index in [9.17, 15) is 17.6 Å². The third-order valence-corrected chi connectivity index (χ3v) is 5.67. The predicted molar refractivity (Wildman–Crippen MR) is 108 cm³/mol. The molecule has 5 heteroatoms. The van der Waals surface area contributed by atoms with Gasteiger partial charge in [-0.25, -0.2) is 17.6 Å². The highest BCUT2D eigenvalue weighted by Gasteiger charge is 2.31. The second kappa shape index (κ2) is 8.21. The van der Waals surface area contributed by atoms with Gasteiger partial charge in [-0.2, -0.15) is 0 Å². The molecule has 0 aliphatic heterocycles. The Morgan fingerprint density at radius 3 is 2.03 bits per heavy atom. The molecule has 0 saturated carbocycles. The van der Waals surface area contributed by atoms with E-state index in [1.54, 1.807) is 30.3 Å². The summed E-state index contributed by atoms with van der Waals surface area (Å²) in [4.78, 5) is 0. The Hall–Kier alpha value is -2.69. The fourth-order valence-electron chi connectivity index (χ4n) is 4.22. The fourth-order valence-corrected chi connectivity index (χ4v) is 4.22. The molecular formula is C25H21F5. The van der Waals surface area contributed by atoms with Gasteiger partial charge in [-0.3, -0.25) is 4.39 Å². The molecule has 1 aliphatic carbocycles.